The standard InChI is InChI=1S/C10H10FN3O/c1-15-8-4-2-3-7(5-8)14-10(11)9(12)6-13-14/h2-6H,12H2,1H3. The lowest BCUT2D eigenvalue weighted by atomic mass is 10.3. The molecule has 2 rings (SSSR count). The van der Waals surface area contributed by atoms with Crippen LogP contribution < -0.4 is 10.5 Å². The summed E-state index contributed by atoms with van der Waals surface area (Å²) in [4.78, 5) is 0. The second-order valence-electron chi connectivity index (χ2n) is 3.00. The zero-order valence-corrected chi connectivity index (χ0v) is 8.14. The van der Waals surface area contributed by atoms with Crippen LogP contribution in [0.1, 0.15) is 0 Å². The van der Waals surface area contributed by atoms with Gasteiger partial charge in [0.1, 0.15) is 11.4 Å². The summed E-state index contributed by atoms with van der Waals surface area (Å²) in [6, 6.07) is 6.92. The Morgan fingerprint density at radius 3 is 2.87 bits per heavy atom. The Kier molecular flexibility index (Phi) is 2.29. The zero-order valence-electron chi connectivity index (χ0n) is 8.14. The molecule has 15 heavy (non-hydrogen) atoms. The van der Waals surface area contributed by atoms with Crippen molar-refractivity contribution in [1.29, 1.82) is 0 Å². The van der Waals surface area contributed by atoms with E-state index in [0.717, 1.165) is 4.68 Å². The number of benzene rings is 1. The molecule has 2 aromatic rings. The molecular weight excluding hydrogens is 197 g/mol. The molecule has 0 saturated heterocycles. The van der Waals surface area contributed by atoms with Crippen molar-refractivity contribution in [1.82, 2.24) is 9.78 Å². The van der Waals surface area contributed by atoms with E-state index in [2.05, 4.69) is 5.10 Å². The average molecular weight is 207 g/mol. The molecule has 0 bridgehead atoms. The number of halogens is 1. The fraction of sp³-hybridized carbons (Fsp3) is 0.100. The molecule has 0 saturated carbocycles. The first-order valence-corrected chi connectivity index (χ1v) is 4.36. The molecule has 0 aliphatic rings. The van der Waals surface area contributed by atoms with Crippen molar-refractivity contribution < 1.29 is 9.13 Å². The maximum atomic E-state index is 13.4. The van der Waals surface area contributed by atoms with Gasteiger partial charge in [0, 0.05) is 6.07 Å². The summed E-state index contributed by atoms with van der Waals surface area (Å²) in [5, 5.41) is 3.82. The molecule has 0 amide bonds. The molecule has 1 heterocycles. The molecule has 78 valence electrons. The van der Waals surface area contributed by atoms with E-state index in [1.54, 1.807) is 31.4 Å². The molecule has 1 aromatic carbocycles. The average Bonchev–Trinajstić information content (AvgIpc) is 2.60. The van der Waals surface area contributed by atoms with Crippen molar-refractivity contribution in [3.63, 3.8) is 0 Å². The van der Waals surface area contributed by atoms with Crippen LogP contribution in [0.4, 0.5) is 10.1 Å². The Bertz CT molecular complexity index is 481. The number of nitrogens with two attached hydrogens (primary N) is 1. The van der Waals surface area contributed by atoms with Crippen molar-refractivity contribution in [2.24, 2.45) is 0 Å². The number of ether oxygens (including phenoxy) is 1. The number of anilines is 1. The molecule has 0 spiro atoms. The van der Waals surface area contributed by atoms with Crippen molar-refractivity contribution in [3.05, 3.63) is 36.4 Å². The van der Waals surface area contributed by atoms with Crippen LogP contribution in [-0.2, 0) is 0 Å². The fourth-order valence-electron chi connectivity index (χ4n) is 1.27. The third-order valence-corrected chi connectivity index (χ3v) is 2.03. The van der Waals surface area contributed by atoms with E-state index in [1.165, 1.54) is 6.20 Å². The number of nitrogens with zero attached hydrogens (tertiary/aromatic N) is 2. The lowest BCUT2D eigenvalue weighted by molar-refractivity contribution is 0.414. The van der Waals surface area contributed by atoms with E-state index in [4.69, 9.17) is 10.5 Å². The third kappa shape index (κ3) is 1.63. The molecule has 5 heteroatoms. The summed E-state index contributed by atoms with van der Waals surface area (Å²) >= 11 is 0. The number of nitrogen functional groups attached to an aromatic ring is 1. The van der Waals surface area contributed by atoms with E-state index < -0.39 is 5.95 Å². The molecule has 0 atom stereocenters. The molecule has 0 aliphatic heterocycles. The van der Waals surface area contributed by atoms with Gasteiger partial charge in [-0.05, 0) is 12.1 Å². The molecule has 4 nitrogen and oxygen atoms in total. The monoisotopic (exact) mass is 207 g/mol. The quantitative estimate of drug-likeness (QED) is 0.813. The Labute approximate surface area is 86.1 Å². The van der Waals surface area contributed by atoms with Crippen LogP contribution in [0, 0.1) is 5.95 Å². The van der Waals surface area contributed by atoms with Gasteiger partial charge < -0.3 is 10.5 Å². The number of rotatable bonds is 2. The first-order valence-electron chi connectivity index (χ1n) is 4.36. The molecule has 2 N–H and O–H groups in total. The maximum Gasteiger partial charge on any atom is 0.239 e. The largest absolute Gasteiger partial charge is 0.497 e. The van der Waals surface area contributed by atoms with Gasteiger partial charge in [-0.1, -0.05) is 6.07 Å². The number of hydrogen-bond acceptors (Lipinski definition) is 3. The lowest BCUT2D eigenvalue weighted by Crippen LogP contribution is -2.00. The molecule has 0 radical (unpaired) electrons. The van der Waals surface area contributed by atoms with Crippen LogP contribution in [0.5, 0.6) is 5.75 Å². The molecule has 0 fully saturated rings. The van der Waals surface area contributed by atoms with Gasteiger partial charge in [0.15, 0.2) is 0 Å². The van der Waals surface area contributed by atoms with Crippen molar-refractivity contribution in [3.8, 4) is 11.4 Å². The zero-order chi connectivity index (χ0) is 10.8. The normalized spacial score (nSPS) is 10.3. The number of aromatic nitrogens is 2. The van der Waals surface area contributed by atoms with E-state index in [-0.39, 0.29) is 5.69 Å². The smallest absolute Gasteiger partial charge is 0.239 e. The fourth-order valence-corrected chi connectivity index (χ4v) is 1.27. The van der Waals surface area contributed by atoms with E-state index in [1.807, 2.05) is 0 Å². The summed E-state index contributed by atoms with van der Waals surface area (Å²) in [6.07, 6.45) is 1.27. The first kappa shape index (κ1) is 9.51. The van der Waals surface area contributed by atoms with E-state index >= 15 is 0 Å². The highest BCUT2D eigenvalue weighted by molar-refractivity contribution is 5.42. The highest BCUT2D eigenvalue weighted by atomic mass is 19.1. The minimum absolute atomic E-state index is 0.0258. The second-order valence-corrected chi connectivity index (χ2v) is 3.00. The second kappa shape index (κ2) is 3.61. The highest BCUT2D eigenvalue weighted by Crippen LogP contribution is 2.19. The third-order valence-electron chi connectivity index (χ3n) is 2.03. The topological polar surface area (TPSA) is 53.1 Å². The van der Waals surface area contributed by atoms with Crippen molar-refractivity contribution in [2.45, 2.75) is 0 Å². The van der Waals surface area contributed by atoms with Gasteiger partial charge in [-0.2, -0.15) is 9.49 Å². The van der Waals surface area contributed by atoms with Gasteiger partial charge >= 0.3 is 0 Å². The van der Waals surface area contributed by atoms with Crippen LogP contribution in [0.15, 0.2) is 30.5 Å². The molecular formula is C10H10FN3O. The van der Waals surface area contributed by atoms with Gasteiger partial charge in [0.25, 0.3) is 0 Å². The number of hydrogen-bond donors (Lipinski definition) is 1. The molecule has 1 aromatic heterocycles. The van der Waals surface area contributed by atoms with Crippen LogP contribution >= 0.6 is 0 Å². The van der Waals surface area contributed by atoms with E-state index in [9.17, 15) is 4.39 Å². The first-order chi connectivity index (χ1) is 7.22. The number of methoxy groups -OCH3 is 1. The summed E-state index contributed by atoms with van der Waals surface area (Å²) in [5.74, 6) is 0.0734. The van der Waals surface area contributed by atoms with Gasteiger partial charge in [0.2, 0.25) is 5.95 Å². The van der Waals surface area contributed by atoms with Gasteiger partial charge in [0.05, 0.1) is 19.0 Å². The minimum atomic E-state index is -0.566. The summed E-state index contributed by atoms with van der Waals surface area (Å²) in [6.45, 7) is 0. The van der Waals surface area contributed by atoms with E-state index in [0.29, 0.717) is 11.4 Å². The Morgan fingerprint density at radius 2 is 2.27 bits per heavy atom. The highest BCUT2D eigenvalue weighted by Gasteiger charge is 2.09. The predicted octanol–water partition coefficient (Wildman–Crippen LogP) is 1.60. The summed E-state index contributed by atoms with van der Waals surface area (Å²) < 4.78 is 19.6. The van der Waals surface area contributed by atoms with Gasteiger partial charge in [-0.3, -0.25) is 0 Å². The van der Waals surface area contributed by atoms with Crippen LogP contribution in [0.2, 0.25) is 0 Å². The van der Waals surface area contributed by atoms with Crippen LogP contribution in [0.25, 0.3) is 5.69 Å². The van der Waals surface area contributed by atoms with Gasteiger partial charge in [-0.15, -0.1) is 0 Å². The van der Waals surface area contributed by atoms with Gasteiger partial charge in [-0.25, -0.2) is 4.68 Å². The van der Waals surface area contributed by atoms with Crippen molar-refractivity contribution >= 4 is 5.69 Å². The van der Waals surface area contributed by atoms with Crippen molar-refractivity contribution in [2.75, 3.05) is 12.8 Å². The SMILES string of the molecule is COc1cccc(-n2ncc(N)c2F)c1. The lowest BCUT2D eigenvalue weighted by Gasteiger charge is -2.04. The summed E-state index contributed by atoms with van der Waals surface area (Å²) in [5.41, 5.74) is 5.96. The Balaban J connectivity index is 2.49. The summed E-state index contributed by atoms with van der Waals surface area (Å²) in [7, 11) is 1.55. The van der Waals surface area contributed by atoms with Crippen LogP contribution in [0.3, 0.4) is 0 Å². The Morgan fingerprint density at radius 1 is 1.47 bits per heavy atom. The molecule has 0 unspecified atom stereocenters. The minimum Gasteiger partial charge on any atom is -0.497 e. The molecule has 0 aliphatic carbocycles. The van der Waals surface area contributed by atoms with Crippen LogP contribution in [-0.4, -0.2) is 16.9 Å². The predicted molar refractivity (Wildman–Crippen MR) is 54.5 cm³/mol. The Hall–Kier alpha value is -2.04. The maximum absolute atomic E-state index is 13.4.